The summed E-state index contributed by atoms with van der Waals surface area (Å²) in [4.78, 5) is 19.8. The fourth-order valence-corrected chi connectivity index (χ4v) is 2.03. The van der Waals surface area contributed by atoms with E-state index in [0.717, 1.165) is 0 Å². The number of hydrogen-bond acceptors (Lipinski definition) is 6. The van der Waals surface area contributed by atoms with Crippen LogP contribution >= 0.6 is 11.6 Å². The van der Waals surface area contributed by atoms with E-state index in [4.69, 9.17) is 16.3 Å². The Balaban J connectivity index is 1.73. The van der Waals surface area contributed by atoms with Crippen molar-refractivity contribution in [3.05, 3.63) is 58.3 Å². The molecule has 8 heteroatoms. The molecule has 0 atom stereocenters. The van der Waals surface area contributed by atoms with E-state index in [1.54, 1.807) is 42.7 Å². The molecule has 3 aromatic rings. The van der Waals surface area contributed by atoms with E-state index in [1.807, 2.05) is 0 Å². The second-order valence-electron chi connectivity index (χ2n) is 4.30. The highest BCUT2D eigenvalue weighted by atomic mass is 35.5. The minimum Gasteiger partial charge on any atom is -0.492 e. The molecule has 0 bridgehead atoms. The fraction of sp³-hybridized carbons (Fsp3) is 0.143. The first-order chi connectivity index (χ1) is 10.7. The molecule has 0 saturated carbocycles. The zero-order chi connectivity index (χ0) is 15.4. The van der Waals surface area contributed by atoms with Gasteiger partial charge in [0.05, 0.1) is 6.54 Å². The molecule has 0 spiro atoms. The summed E-state index contributed by atoms with van der Waals surface area (Å²) in [6, 6.07) is 8.69. The highest BCUT2D eigenvalue weighted by Gasteiger charge is 2.14. The summed E-state index contributed by atoms with van der Waals surface area (Å²) in [5, 5.41) is 4.28. The number of hydrogen-bond donors (Lipinski definition) is 0. The van der Waals surface area contributed by atoms with Gasteiger partial charge in [0.25, 0.3) is 0 Å². The molecule has 0 radical (unpaired) electrons. The minimum absolute atomic E-state index is 0.251. The third-order valence-corrected chi connectivity index (χ3v) is 3.07. The normalized spacial score (nSPS) is 10.6. The van der Waals surface area contributed by atoms with Crippen LogP contribution in [0.3, 0.4) is 0 Å². The van der Waals surface area contributed by atoms with Gasteiger partial charge in [-0.2, -0.15) is 0 Å². The van der Waals surface area contributed by atoms with Crippen LogP contribution in [0.5, 0.6) is 5.75 Å². The Bertz CT molecular complexity index is 816. The summed E-state index contributed by atoms with van der Waals surface area (Å²) in [5.41, 5.74) is 0. The number of benzene rings is 1. The van der Waals surface area contributed by atoms with Crippen LogP contribution in [0.2, 0.25) is 5.02 Å². The van der Waals surface area contributed by atoms with Crippen molar-refractivity contribution in [2.75, 3.05) is 6.61 Å². The molecule has 0 saturated heterocycles. The number of rotatable bonds is 5. The van der Waals surface area contributed by atoms with Crippen LogP contribution in [0.4, 0.5) is 0 Å². The molecule has 1 aromatic carbocycles. The summed E-state index contributed by atoms with van der Waals surface area (Å²) >= 11 is 5.88. The van der Waals surface area contributed by atoms with Gasteiger partial charge >= 0.3 is 5.76 Å². The quantitative estimate of drug-likeness (QED) is 0.715. The SMILES string of the molecule is O=c1onc(-c2ncccn2)n1CCOc1cccc(Cl)c1. The second-order valence-corrected chi connectivity index (χ2v) is 4.74. The Kier molecular flexibility index (Phi) is 4.15. The first-order valence-corrected chi connectivity index (χ1v) is 6.84. The topological polar surface area (TPSA) is 83.0 Å². The molecule has 0 amide bonds. The standard InChI is InChI=1S/C14H11ClN4O3/c15-10-3-1-4-11(9-10)21-8-7-19-13(18-22-14(19)20)12-16-5-2-6-17-12/h1-6,9H,7-8H2. The Labute approximate surface area is 130 Å². The fourth-order valence-electron chi connectivity index (χ4n) is 1.85. The lowest BCUT2D eigenvalue weighted by Crippen LogP contribution is -2.20. The largest absolute Gasteiger partial charge is 0.492 e. The van der Waals surface area contributed by atoms with E-state index in [2.05, 4.69) is 19.6 Å². The zero-order valence-electron chi connectivity index (χ0n) is 11.3. The Hall–Kier alpha value is -2.67. The predicted octanol–water partition coefficient (Wildman–Crippen LogP) is 2.03. The molecular formula is C14H11ClN4O3. The maximum atomic E-state index is 11.7. The van der Waals surface area contributed by atoms with Gasteiger partial charge in [0.2, 0.25) is 5.82 Å². The summed E-state index contributed by atoms with van der Waals surface area (Å²) in [6.07, 6.45) is 3.13. The van der Waals surface area contributed by atoms with Crippen molar-refractivity contribution in [3.63, 3.8) is 0 Å². The first kappa shape index (κ1) is 14.3. The molecule has 3 rings (SSSR count). The molecule has 7 nitrogen and oxygen atoms in total. The lowest BCUT2D eigenvalue weighted by Gasteiger charge is -2.07. The van der Waals surface area contributed by atoms with Gasteiger partial charge in [-0.1, -0.05) is 22.8 Å². The van der Waals surface area contributed by atoms with Crippen LogP contribution < -0.4 is 10.5 Å². The average molecular weight is 319 g/mol. The molecular weight excluding hydrogens is 308 g/mol. The van der Waals surface area contributed by atoms with Crippen molar-refractivity contribution in [3.8, 4) is 17.4 Å². The second kappa shape index (κ2) is 6.40. The Morgan fingerprint density at radius 1 is 1.23 bits per heavy atom. The predicted molar refractivity (Wildman–Crippen MR) is 78.7 cm³/mol. The maximum absolute atomic E-state index is 11.7. The molecule has 2 heterocycles. The van der Waals surface area contributed by atoms with Gasteiger partial charge in [-0.15, -0.1) is 0 Å². The molecule has 22 heavy (non-hydrogen) atoms. The van der Waals surface area contributed by atoms with Crippen LogP contribution in [0, 0.1) is 0 Å². The number of ether oxygens (including phenoxy) is 1. The highest BCUT2D eigenvalue weighted by molar-refractivity contribution is 6.30. The van der Waals surface area contributed by atoms with Crippen molar-refractivity contribution in [2.45, 2.75) is 6.54 Å². The van der Waals surface area contributed by atoms with E-state index in [-0.39, 0.29) is 19.0 Å². The third kappa shape index (κ3) is 3.15. The number of halogens is 1. The molecule has 0 fully saturated rings. The van der Waals surface area contributed by atoms with Crippen LogP contribution in [0.1, 0.15) is 0 Å². The van der Waals surface area contributed by atoms with Crippen LogP contribution in [0.25, 0.3) is 11.6 Å². The lowest BCUT2D eigenvalue weighted by molar-refractivity contribution is 0.290. The van der Waals surface area contributed by atoms with Crippen molar-refractivity contribution >= 4 is 11.6 Å². The van der Waals surface area contributed by atoms with Crippen molar-refractivity contribution in [1.82, 2.24) is 19.7 Å². The summed E-state index contributed by atoms with van der Waals surface area (Å²) in [5.74, 6) is 0.614. The van der Waals surface area contributed by atoms with E-state index >= 15 is 0 Å². The molecule has 112 valence electrons. The number of aromatic nitrogens is 4. The third-order valence-electron chi connectivity index (χ3n) is 2.83. The van der Waals surface area contributed by atoms with Crippen LogP contribution in [-0.4, -0.2) is 26.3 Å². The molecule has 0 aliphatic rings. The van der Waals surface area contributed by atoms with Crippen LogP contribution in [0.15, 0.2) is 52.0 Å². The summed E-state index contributed by atoms with van der Waals surface area (Å²) in [6.45, 7) is 0.504. The van der Waals surface area contributed by atoms with Crippen molar-refractivity contribution in [1.29, 1.82) is 0 Å². The minimum atomic E-state index is -0.586. The first-order valence-electron chi connectivity index (χ1n) is 6.46. The molecule has 0 N–H and O–H groups in total. The van der Waals surface area contributed by atoms with Crippen molar-refractivity contribution < 1.29 is 9.26 Å². The van der Waals surface area contributed by atoms with Crippen molar-refractivity contribution in [2.24, 2.45) is 0 Å². The lowest BCUT2D eigenvalue weighted by atomic mass is 10.3. The molecule has 0 aliphatic heterocycles. The maximum Gasteiger partial charge on any atom is 0.442 e. The van der Waals surface area contributed by atoms with Gasteiger partial charge in [0.15, 0.2) is 5.82 Å². The summed E-state index contributed by atoms with van der Waals surface area (Å²) in [7, 11) is 0. The van der Waals surface area contributed by atoms with Gasteiger partial charge in [0.1, 0.15) is 12.4 Å². The smallest absolute Gasteiger partial charge is 0.442 e. The summed E-state index contributed by atoms with van der Waals surface area (Å²) < 4.78 is 11.5. The molecule has 2 aromatic heterocycles. The van der Waals surface area contributed by atoms with Gasteiger partial charge in [0, 0.05) is 17.4 Å². The van der Waals surface area contributed by atoms with E-state index < -0.39 is 5.76 Å². The van der Waals surface area contributed by atoms with Crippen LogP contribution in [-0.2, 0) is 6.54 Å². The van der Waals surface area contributed by atoms with Gasteiger partial charge in [-0.05, 0) is 24.3 Å². The van der Waals surface area contributed by atoms with E-state index in [1.165, 1.54) is 4.57 Å². The zero-order valence-corrected chi connectivity index (χ0v) is 12.1. The Morgan fingerprint density at radius 2 is 2.05 bits per heavy atom. The van der Waals surface area contributed by atoms with E-state index in [9.17, 15) is 4.79 Å². The van der Waals surface area contributed by atoms with Gasteiger partial charge in [-0.25, -0.2) is 14.8 Å². The molecule has 0 unspecified atom stereocenters. The van der Waals surface area contributed by atoms with E-state index in [0.29, 0.717) is 16.6 Å². The molecule has 0 aliphatic carbocycles. The highest BCUT2D eigenvalue weighted by Crippen LogP contribution is 2.17. The average Bonchev–Trinajstić information content (AvgIpc) is 2.90. The van der Waals surface area contributed by atoms with Gasteiger partial charge in [-0.3, -0.25) is 9.09 Å². The van der Waals surface area contributed by atoms with Gasteiger partial charge < -0.3 is 4.74 Å². The monoisotopic (exact) mass is 318 g/mol. The number of nitrogens with zero attached hydrogens (tertiary/aromatic N) is 4. The Morgan fingerprint density at radius 3 is 2.82 bits per heavy atom.